The van der Waals surface area contributed by atoms with Gasteiger partial charge < -0.3 is 10.1 Å². The molecular formula is C12H14N2O4. The van der Waals surface area contributed by atoms with Crippen molar-refractivity contribution in [3.05, 3.63) is 29.6 Å². The Balaban J connectivity index is 2.55. The molecule has 1 N–H and O–H groups in total. The molecule has 18 heavy (non-hydrogen) atoms. The number of amides is 1. The number of hydrogen-bond acceptors (Lipinski definition) is 5. The van der Waals surface area contributed by atoms with Crippen LogP contribution >= 0.6 is 0 Å². The molecule has 1 heterocycles. The molecule has 6 heteroatoms. The second kappa shape index (κ2) is 6.48. The predicted molar refractivity (Wildman–Crippen MR) is 62.9 cm³/mol. The zero-order chi connectivity index (χ0) is 13.5. The Hall–Kier alpha value is -2.24. The van der Waals surface area contributed by atoms with Crippen LogP contribution in [0.3, 0.4) is 0 Å². The lowest BCUT2D eigenvalue weighted by Gasteiger charge is -2.05. The zero-order valence-corrected chi connectivity index (χ0v) is 10.2. The summed E-state index contributed by atoms with van der Waals surface area (Å²) in [6.07, 6.45) is 3.00. The minimum atomic E-state index is -0.992. The van der Waals surface area contributed by atoms with Gasteiger partial charge in [0.2, 0.25) is 0 Å². The van der Waals surface area contributed by atoms with Crippen molar-refractivity contribution < 1.29 is 19.1 Å². The van der Waals surface area contributed by atoms with Crippen molar-refractivity contribution in [2.24, 2.45) is 0 Å². The van der Waals surface area contributed by atoms with Gasteiger partial charge in [0, 0.05) is 18.0 Å². The molecule has 1 aromatic heterocycles. The van der Waals surface area contributed by atoms with Crippen LogP contribution in [0.2, 0.25) is 0 Å². The Labute approximate surface area is 104 Å². The largest absolute Gasteiger partial charge is 0.459 e. The normalized spacial score (nSPS) is 9.67. The molecule has 0 atom stereocenters. The quantitative estimate of drug-likeness (QED) is 0.470. The smallest absolute Gasteiger partial charge is 0.396 e. The van der Waals surface area contributed by atoms with Gasteiger partial charge in [-0.2, -0.15) is 0 Å². The van der Waals surface area contributed by atoms with Gasteiger partial charge >= 0.3 is 11.9 Å². The fourth-order valence-corrected chi connectivity index (χ4v) is 1.28. The number of carbonyl (C=O) groups excluding carboxylic acids is 3. The topological polar surface area (TPSA) is 85.4 Å². The van der Waals surface area contributed by atoms with Crippen molar-refractivity contribution in [3.8, 4) is 0 Å². The van der Waals surface area contributed by atoms with Gasteiger partial charge in [0.15, 0.2) is 5.78 Å². The van der Waals surface area contributed by atoms with E-state index < -0.39 is 11.9 Å². The Morgan fingerprint density at radius 3 is 2.72 bits per heavy atom. The highest BCUT2D eigenvalue weighted by molar-refractivity contribution is 6.32. The zero-order valence-electron chi connectivity index (χ0n) is 10.2. The minimum Gasteiger partial charge on any atom is -0.459 e. The second-order valence-electron chi connectivity index (χ2n) is 3.52. The molecule has 0 unspecified atom stereocenters. The summed E-state index contributed by atoms with van der Waals surface area (Å²) >= 11 is 0. The van der Waals surface area contributed by atoms with E-state index in [4.69, 9.17) is 0 Å². The van der Waals surface area contributed by atoms with E-state index in [1.807, 2.05) is 0 Å². The number of hydrogen-bond donors (Lipinski definition) is 1. The fourth-order valence-electron chi connectivity index (χ4n) is 1.28. The van der Waals surface area contributed by atoms with Crippen molar-refractivity contribution in [1.82, 2.24) is 10.3 Å². The molecule has 1 amide bonds. The molecule has 0 spiro atoms. The van der Waals surface area contributed by atoms with E-state index in [9.17, 15) is 14.4 Å². The molecule has 0 bridgehead atoms. The minimum absolute atomic E-state index is 0.113. The highest BCUT2D eigenvalue weighted by Crippen LogP contribution is 2.05. The second-order valence-corrected chi connectivity index (χ2v) is 3.52. The first-order valence-electron chi connectivity index (χ1n) is 5.45. The highest BCUT2D eigenvalue weighted by atomic mass is 16.5. The first kappa shape index (κ1) is 13.8. The molecule has 6 nitrogen and oxygen atoms in total. The number of carbonyl (C=O) groups is 3. The van der Waals surface area contributed by atoms with Gasteiger partial charge in [-0.25, -0.2) is 4.79 Å². The number of Topliss-reactive ketones (excluding diaryl/α,β-unsaturated/α-hetero) is 1. The number of aryl methyl sites for hydroxylation is 1. The van der Waals surface area contributed by atoms with Crippen LogP contribution in [0.5, 0.6) is 0 Å². The average Bonchev–Trinajstić information content (AvgIpc) is 2.36. The van der Waals surface area contributed by atoms with Crippen LogP contribution in [-0.2, 0) is 14.3 Å². The van der Waals surface area contributed by atoms with Gasteiger partial charge in [0.1, 0.15) is 0 Å². The van der Waals surface area contributed by atoms with Gasteiger partial charge in [-0.15, -0.1) is 0 Å². The number of nitrogens with one attached hydrogen (secondary N) is 1. The lowest BCUT2D eigenvalue weighted by molar-refractivity contribution is -0.154. The van der Waals surface area contributed by atoms with Crippen LogP contribution < -0.4 is 5.32 Å². The number of pyridine rings is 1. The molecule has 0 aliphatic carbocycles. The molecule has 0 aliphatic rings. The van der Waals surface area contributed by atoms with E-state index >= 15 is 0 Å². The van der Waals surface area contributed by atoms with E-state index in [0.717, 1.165) is 5.56 Å². The Morgan fingerprint density at radius 1 is 1.39 bits per heavy atom. The number of ether oxygens (including phenoxy) is 1. The summed E-state index contributed by atoms with van der Waals surface area (Å²) < 4.78 is 4.49. The molecule has 1 aromatic rings. The Kier molecular flexibility index (Phi) is 4.98. The predicted octanol–water partition coefficient (Wildman–Crippen LogP) is 0.252. The lowest BCUT2D eigenvalue weighted by Crippen LogP contribution is -2.36. The maximum Gasteiger partial charge on any atom is 0.396 e. The summed E-state index contributed by atoms with van der Waals surface area (Å²) in [5, 5.41) is 2.20. The lowest BCUT2D eigenvalue weighted by atomic mass is 10.1. The highest BCUT2D eigenvalue weighted by Gasteiger charge is 2.16. The monoisotopic (exact) mass is 250 g/mol. The van der Waals surface area contributed by atoms with Gasteiger partial charge in [-0.05, 0) is 25.5 Å². The summed E-state index contributed by atoms with van der Waals surface area (Å²) in [7, 11) is 0. The number of esters is 1. The van der Waals surface area contributed by atoms with Crippen molar-refractivity contribution in [1.29, 1.82) is 0 Å². The van der Waals surface area contributed by atoms with E-state index in [1.165, 1.54) is 6.20 Å². The molecular weight excluding hydrogens is 236 g/mol. The van der Waals surface area contributed by atoms with Crippen LogP contribution in [0, 0.1) is 6.92 Å². The van der Waals surface area contributed by atoms with Crippen LogP contribution in [-0.4, -0.2) is 35.8 Å². The molecule has 0 aliphatic heterocycles. The summed E-state index contributed by atoms with van der Waals surface area (Å²) in [4.78, 5) is 37.8. The standard InChI is InChI=1S/C12H14N2O4/c1-3-18-12(17)11(16)14-7-10(15)9-6-13-5-4-8(9)2/h4-6H,3,7H2,1-2H3,(H,14,16). The third kappa shape index (κ3) is 3.65. The molecule has 0 saturated heterocycles. The number of rotatable bonds is 4. The van der Waals surface area contributed by atoms with Crippen molar-refractivity contribution >= 4 is 17.7 Å². The molecule has 0 radical (unpaired) electrons. The van der Waals surface area contributed by atoms with Gasteiger partial charge in [0.05, 0.1) is 13.2 Å². The number of nitrogens with zero attached hydrogens (tertiary/aromatic N) is 1. The third-order valence-corrected chi connectivity index (χ3v) is 2.21. The van der Waals surface area contributed by atoms with Gasteiger partial charge in [-0.3, -0.25) is 14.6 Å². The van der Waals surface area contributed by atoms with E-state index in [1.54, 1.807) is 26.1 Å². The third-order valence-electron chi connectivity index (χ3n) is 2.21. The Morgan fingerprint density at radius 2 is 2.11 bits per heavy atom. The van der Waals surface area contributed by atoms with Crippen molar-refractivity contribution in [3.63, 3.8) is 0 Å². The van der Waals surface area contributed by atoms with E-state index in [2.05, 4.69) is 15.0 Å². The van der Waals surface area contributed by atoms with Gasteiger partial charge in [0.25, 0.3) is 0 Å². The maximum absolute atomic E-state index is 11.7. The SMILES string of the molecule is CCOC(=O)C(=O)NCC(=O)c1cnccc1C. The van der Waals surface area contributed by atoms with Crippen LogP contribution in [0.1, 0.15) is 22.8 Å². The Bertz CT molecular complexity index is 471. The van der Waals surface area contributed by atoms with Crippen molar-refractivity contribution in [2.75, 3.05) is 13.2 Å². The first-order valence-corrected chi connectivity index (χ1v) is 5.45. The summed E-state index contributed by atoms with van der Waals surface area (Å²) in [6, 6.07) is 1.69. The average molecular weight is 250 g/mol. The van der Waals surface area contributed by atoms with E-state index in [0.29, 0.717) is 5.56 Å². The van der Waals surface area contributed by atoms with Gasteiger partial charge in [-0.1, -0.05) is 0 Å². The molecule has 96 valence electrons. The van der Waals surface area contributed by atoms with Crippen molar-refractivity contribution in [2.45, 2.75) is 13.8 Å². The molecule has 1 rings (SSSR count). The van der Waals surface area contributed by atoms with E-state index in [-0.39, 0.29) is 18.9 Å². The first-order chi connectivity index (χ1) is 8.56. The fraction of sp³-hybridized carbons (Fsp3) is 0.333. The summed E-state index contributed by atoms with van der Waals surface area (Å²) in [5.74, 6) is -2.22. The van der Waals surface area contributed by atoms with Crippen LogP contribution in [0.15, 0.2) is 18.5 Å². The number of ketones is 1. The maximum atomic E-state index is 11.7. The molecule has 0 aromatic carbocycles. The van der Waals surface area contributed by atoms with Crippen LogP contribution in [0.25, 0.3) is 0 Å². The summed E-state index contributed by atoms with van der Waals surface area (Å²) in [5.41, 5.74) is 1.18. The van der Waals surface area contributed by atoms with Crippen LogP contribution in [0.4, 0.5) is 0 Å². The molecule has 0 fully saturated rings. The summed E-state index contributed by atoms with van der Waals surface area (Å²) in [6.45, 7) is 3.21. The molecule has 0 saturated carbocycles. The number of aromatic nitrogens is 1.